The molecule has 0 bridgehead atoms. The van der Waals surface area contributed by atoms with E-state index in [4.69, 9.17) is 0 Å². The van der Waals surface area contributed by atoms with Crippen LogP contribution in [0.4, 0.5) is 5.82 Å². The monoisotopic (exact) mass is 399 g/mol. The highest BCUT2D eigenvalue weighted by molar-refractivity contribution is 5.71. The van der Waals surface area contributed by atoms with Gasteiger partial charge in [0.25, 0.3) is 5.56 Å². The molecule has 4 aromatic heterocycles. The number of nitrogens with zero attached hydrogens (tertiary/aromatic N) is 7. The molecule has 1 aliphatic rings. The highest BCUT2D eigenvalue weighted by atomic mass is 16.1. The Hall–Kier alpha value is -3.68. The van der Waals surface area contributed by atoms with E-state index in [9.17, 15) is 4.79 Å². The summed E-state index contributed by atoms with van der Waals surface area (Å²) in [6.07, 6.45) is 10.4. The average molecular weight is 399 g/mol. The molecule has 1 saturated heterocycles. The Morgan fingerprint density at radius 3 is 2.67 bits per heavy atom. The second-order valence-electron chi connectivity index (χ2n) is 7.51. The average Bonchev–Trinajstić information content (AvgIpc) is 2.81. The number of pyridine rings is 2. The zero-order valence-corrected chi connectivity index (χ0v) is 16.4. The molecule has 0 saturated carbocycles. The molecule has 150 valence electrons. The molecular weight excluding hydrogens is 378 g/mol. The molecule has 5 rings (SSSR count). The van der Waals surface area contributed by atoms with Crippen molar-refractivity contribution in [3.63, 3.8) is 0 Å². The quantitative estimate of drug-likeness (QED) is 0.521. The van der Waals surface area contributed by atoms with Crippen LogP contribution in [0.25, 0.3) is 22.4 Å². The fourth-order valence-electron chi connectivity index (χ4n) is 3.88. The Morgan fingerprint density at radius 2 is 1.87 bits per heavy atom. The fraction of sp³-hybridized carbons (Fsp3) is 0.273. The third kappa shape index (κ3) is 3.76. The number of hydrogen-bond donors (Lipinski definition) is 0. The van der Waals surface area contributed by atoms with Gasteiger partial charge in [0.15, 0.2) is 5.65 Å². The van der Waals surface area contributed by atoms with Gasteiger partial charge in [0.1, 0.15) is 11.3 Å². The Labute approximate surface area is 173 Å². The minimum absolute atomic E-state index is 0.0268. The number of fused-ring (bicyclic) bond motifs is 1. The van der Waals surface area contributed by atoms with Crippen molar-refractivity contribution in [2.75, 3.05) is 18.0 Å². The highest BCUT2D eigenvalue weighted by Crippen LogP contribution is 2.24. The molecular formula is C22H21N7O. The van der Waals surface area contributed by atoms with Crippen molar-refractivity contribution in [1.82, 2.24) is 29.5 Å². The standard InChI is InChI=1S/C22H21N7O/c30-21-12-19(17-2-1-7-23-13-17)26-15-29(21)14-16-5-10-28(11-6-16)20-4-3-18-22(27-20)25-9-8-24-18/h1-4,7-9,12-13,15-16H,5-6,10-11,14H2. The summed E-state index contributed by atoms with van der Waals surface area (Å²) in [6, 6.07) is 9.30. The van der Waals surface area contributed by atoms with E-state index < -0.39 is 0 Å². The zero-order chi connectivity index (χ0) is 20.3. The van der Waals surface area contributed by atoms with Gasteiger partial charge in [-0.25, -0.2) is 15.0 Å². The molecule has 0 unspecified atom stereocenters. The van der Waals surface area contributed by atoms with Gasteiger partial charge in [0.05, 0.1) is 12.0 Å². The summed E-state index contributed by atoms with van der Waals surface area (Å²) in [5.41, 5.74) is 2.95. The summed E-state index contributed by atoms with van der Waals surface area (Å²) < 4.78 is 1.71. The second-order valence-corrected chi connectivity index (χ2v) is 7.51. The van der Waals surface area contributed by atoms with Crippen molar-refractivity contribution in [2.45, 2.75) is 19.4 Å². The molecule has 0 amide bonds. The maximum Gasteiger partial charge on any atom is 0.253 e. The van der Waals surface area contributed by atoms with E-state index in [0.29, 0.717) is 23.8 Å². The largest absolute Gasteiger partial charge is 0.357 e. The molecule has 4 aromatic rings. The first-order valence-corrected chi connectivity index (χ1v) is 10.1. The molecule has 8 heteroatoms. The van der Waals surface area contributed by atoms with E-state index in [-0.39, 0.29) is 5.56 Å². The predicted octanol–water partition coefficient (Wildman–Crippen LogP) is 2.56. The summed E-state index contributed by atoms with van der Waals surface area (Å²) in [5, 5.41) is 0. The van der Waals surface area contributed by atoms with Crippen molar-refractivity contribution in [3.8, 4) is 11.3 Å². The lowest BCUT2D eigenvalue weighted by atomic mass is 9.96. The van der Waals surface area contributed by atoms with Gasteiger partial charge < -0.3 is 4.90 Å². The predicted molar refractivity (Wildman–Crippen MR) is 114 cm³/mol. The van der Waals surface area contributed by atoms with Crippen LogP contribution >= 0.6 is 0 Å². The van der Waals surface area contributed by atoms with Crippen molar-refractivity contribution in [2.24, 2.45) is 5.92 Å². The first-order chi connectivity index (χ1) is 14.8. The number of anilines is 1. The molecule has 5 heterocycles. The summed E-state index contributed by atoms with van der Waals surface area (Å²) in [5.74, 6) is 1.37. The SMILES string of the molecule is O=c1cc(-c2cccnc2)ncn1CC1CCN(c2ccc3nccnc3n2)CC1. The van der Waals surface area contributed by atoms with Gasteiger partial charge in [-0.05, 0) is 43.0 Å². The van der Waals surface area contributed by atoms with Crippen LogP contribution in [0, 0.1) is 5.92 Å². The Morgan fingerprint density at radius 1 is 1.00 bits per heavy atom. The normalized spacial score (nSPS) is 14.9. The van der Waals surface area contributed by atoms with Crippen LogP contribution in [0.5, 0.6) is 0 Å². The third-order valence-corrected chi connectivity index (χ3v) is 5.55. The lowest BCUT2D eigenvalue weighted by Gasteiger charge is -2.33. The Bertz CT molecular complexity index is 1220. The van der Waals surface area contributed by atoms with Gasteiger partial charge in [-0.1, -0.05) is 0 Å². The molecule has 30 heavy (non-hydrogen) atoms. The van der Waals surface area contributed by atoms with E-state index in [1.807, 2.05) is 24.3 Å². The molecule has 8 nitrogen and oxygen atoms in total. The number of piperidine rings is 1. The molecule has 0 atom stereocenters. The first kappa shape index (κ1) is 18.4. The van der Waals surface area contributed by atoms with Crippen LogP contribution in [-0.2, 0) is 6.54 Å². The minimum Gasteiger partial charge on any atom is -0.357 e. The van der Waals surface area contributed by atoms with Crippen molar-refractivity contribution in [3.05, 3.63) is 71.8 Å². The van der Waals surface area contributed by atoms with Crippen LogP contribution in [0.15, 0.2) is 66.2 Å². The van der Waals surface area contributed by atoms with Gasteiger partial charge in [0.2, 0.25) is 0 Å². The first-order valence-electron chi connectivity index (χ1n) is 10.1. The van der Waals surface area contributed by atoms with Crippen molar-refractivity contribution < 1.29 is 0 Å². The molecule has 1 fully saturated rings. The van der Waals surface area contributed by atoms with Crippen LogP contribution in [0.1, 0.15) is 12.8 Å². The number of rotatable bonds is 4. The van der Waals surface area contributed by atoms with Crippen LogP contribution in [-0.4, -0.2) is 42.6 Å². The van der Waals surface area contributed by atoms with E-state index in [1.165, 1.54) is 0 Å². The summed E-state index contributed by atoms with van der Waals surface area (Å²) in [7, 11) is 0. The second kappa shape index (κ2) is 7.98. The maximum absolute atomic E-state index is 12.6. The summed E-state index contributed by atoms with van der Waals surface area (Å²) >= 11 is 0. The van der Waals surface area contributed by atoms with E-state index in [2.05, 4.69) is 29.8 Å². The smallest absolute Gasteiger partial charge is 0.253 e. The number of aromatic nitrogens is 6. The fourth-order valence-corrected chi connectivity index (χ4v) is 3.88. The molecule has 0 radical (unpaired) electrons. The van der Waals surface area contributed by atoms with Crippen molar-refractivity contribution >= 4 is 17.0 Å². The number of hydrogen-bond acceptors (Lipinski definition) is 7. The third-order valence-electron chi connectivity index (χ3n) is 5.55. The molecule has 0 aliphatic carbocycles. The van der Waals surface area contributed by atoms with Crippen molar-refractivity contribution in [1.29, 1.82) is 0 Å². The topological polar surface area (TPSA) is 89.7 Å². The van der Waals surface area contributed by atoms with Gasteiger partial charge in [-0.15, -0.1) is 0 Å². The minimum atomic E-state index is -0.0268. The zero-order valence-electron chi connectivity index (χ0n) is 16.4. The molecule has 1 aliphatic heterocycles. The lowest BCUT2D eigenvalue weighted by Crippen LogP contribution is -2.36. The molecule has 0 spiro atoms. The van der Waals surface area contributed by atoms with Gasteiger partial charge in [-0.3, -0.25) is 19.3 Å². The maximum atomic E-state index is 12.6. The van der Waals surface area contributed by atoms with Gasteiger partial charge >= 0.3 is 0 Å². The molecule has 0 N–H and O–H groups in total. The Kier molecular flexibility index (Phi) is 4.88. The van der Waals surface area contributed by atoms with Gasteiger partial charge in [-0.2, -0.15) is 0 Å². The van der Waals surface area contributed by atoms with Gasteiger partial charge in [0, 0.05) is 56.1 Å². The lowest BCUT2D eigenvalue weighted by molar-refractivity contribution is 0.350. The summed E-state index contributed by atoms with van der Waals surface area (Å²) in [6.45, 7) is 2.49. The van der Waals surface area contributed by atoms with E-state index in [1.54, 1.807) is 41.7 Å². The van der Waals surface area contributed by atoms with Crippen LogP contribution in [0.3, 0.4) is 0 Å². The Balaban J connectivity index is 1.24. The van der Waals surface area contributed by atoms with Crippen LogP contribution < -0.4 is 10.5 Å². The summed E-state index contributed by atoms with van der Waals surface area (Å²) in [4.78, 5) is 36.6. The van der Waals surface area contributed by atoms with E-state index >= 15 is 0 Å². The van der Waals surface area contributed by atoms with E-state index in [0.717, 1.165) is 42.8 Å². The highest BCUT2D eigenvalue weighted by Gasteiger charge is 2.21. The van der Waals surface area contributed by atoms with Crippen LogP contribution in [0.2, 0.25) is 0 Å². The molecule has 0 aromatic carbocycles.